The number of anilines is 3. The zero-order chi connectivity index (χ0) is 43.3. The maximum atomic E-state index is 2.47. The second-order valence-corrected chi connectivity index (χ2v) is 19.7. The number of rotatable bonds is 7. The summed E-state index contributed by atoms with van der Waals surface area (Å²) in [6.45, 7) is 4.71. The molecule has 65 heavy (non-hydrogen) atoms. The van der Waals surface area contributed by atoms with Crippen LogP contribution >= 0.6 is 0 Å². The van der Waals surface area contributed by atoms with E-state index in [-0.39, 0.29) is 10.8 Å². The number of benzene rings is 9. The lowest BCUT2D eigenvalue weighted by Gasteiger charge is -2.36. The molecular formula is C64H51N. The van der Waals surface area contributed by atoms with Gasteiger partial charge >= 0.3 is 0 Å². The van der Waals surface area contributed by atoms with E-state index in [2.05, 4.69) is 231 Å². The second kappa shape index (κ2) is 14.7. The van der Waals surface area contributed by atoms with Gasteiger partial charge in [0.05, 0.1) is 0 Å². The Bertz CT molecular complexity index is 3300. The van der Waals surface area contributed by atoms with Crippen molar-refractivity contribution in [2.24, 2.45) is 11.8 Å². The molecule has 2 saturated carbocycles. The third-order valence-corrected chi connectivity index (χ3v) is 16.0. The Morgan fingerprint density at radius 1 is 0.369 bits per heavy atom. The van der Waals surface area contributed by atoms with Crippen LogP contribution in [0.5, 0.6) is 0 Å². The summed E-state index contributed by atoms with van der Waals surface area (Å²) >= 11 is 0. The molecule has 312 valence electrons. The lowest BCUT2D eigenvalue weighted by atomic mass is 9.66. The highest BCUT2D eigenvalue weighted by atomic mass is 15.1. The lowest BCUT2D eigenvalue weighted by molar-refractivity contribution is 0.327. The lowest BCUT2D eigenvalue weighted by Crippen LogP contribution is -2.31. The van der Waals surface area contributed by atoms with Crippen LogP contribution in [-0.2, 0) is 10.8 Å². The van der Waals surface area contributed by atoms with Crippen molar-refractivity contribution in [3.63, 3.8) is 0 Å². The Morgan fingerprint density at radius 3 is 1.72 bits per heavy atom. The molecule has 0 radical (unpaired) electrons. The van der Waals surface area contributed by atoms with Gasteiger partial charge in [-0.15, -0.1) is 0 Å². The van der Waals surface area contributed by atoms with Gasteiger partial charge in [-0.1, -0.05) is 190 Å². The fourth-order valence-corrected chi connectivity index (χ4v) is 13.0. The highest BCUT2D eigenvalue weighted by Gasteiger charge is 2.57. The number of hydrogen-bond donors (Lipinski definition) is 0. The normalized spacial score (nSPS) is 19.2. The van der Waals surface area contributed by atoms with Crippen molar-refractivity contribution < 1.29 is 0 Å². The van der Waals surface area contributed by atoms with E-state index >= 15 is 0 Å². The van der Waals surface area contributed by atoms with E-state index in [1.165, 1.54) is 104 Å². The van der Waals surface area contributed by atoms with Crippen molar-refractivity contribution in [2.75, 3.05) is 4.90 Å². The predicted molar refractivity (Wildman–Crippen MR) is 272 cm³/mol. The first-order chi connectivity index (χ1) is 32.0. The molecule has 0 amide bonds. The van der Waals surface area contributed by atoms with Gasteiger partial charge in [0, 0.05) is 27.9 Å². The molecule has 1 heteroatoms. The largest absolute Gasteiger partial charge is 0.310 e. The van der Waals surface area contributed by atoms with Gasteiger partial charge in [0.15, 0.2) is 0 Å². The second-order valence-electron chi connectivity index (χ2n) is 19.7. The molecule has 0 saturated heterocycles. The van der Waals surface area contributed by atoms with Gasteiger partial charge in [-0.05, 0) is 163 Å². The summed E-state index contributed by atoms with van der Waals surface area (Å²) in [6, 6.07) is 79.8. The quantitative estimate of drug-likeness (QED) is 0.155. The number of nitrogens with zero attached hydrogens (tertiary/aromatic N) is 1. The van der Waals surface area contributed by atoms with Crippen LogP contribution in [0.3, 0.4) is 0 Å². The van der Waals surface area contributed by atoms with Crippen molar-refractivity contribution in [1.29, 1.82) is 0 Å². The summed E-state index contributed by atoms with van der Waals surface area (Å²) in [4.78, 5) is 2.43. The fraction of sp³-hybridized carbons (Fsp3) is 0.156. The Labute approximate surface area is 383 Å². The molecule has 3 unspecified atom stereocenters. The standard InChI is InChI=1S/C64H51N/c1-63(2)58-24-11-9-21-53(58)57-40-51(34-36-59(57)63)65(50-20-13-19-46(38-50)43-15-5-3-6-16-43)49-32-28-44(29-33-49)47-30-35-52(56(39-47)45-17-7-4-8-18-45)54-23-14-26-61-62(54)55-22-10-12-25-60(55)64(61)41-42-27-31-48(64)37-42/h3-26,28-30,32-36,38-40,42,48H,27,31,37,41H2,1-2H3. The van der Waals surface area contributed by atoms with E-state index in [1.807, 2.05) is 0 Å². The Balaban J connectivity index is 0.927. The van der Waals surface area contributed by atoms with Crippen molar-refractivity contribution in [2.45, 2.75) is 50.4 Å². The highest BCUT2D eigenvalue weighted by Crippen LogP contribution is 2.67. The van der Waals surface area contributed by atoms with Crippen molar-refractivity contribution in [1.82, 2.24) is 0 Å². The predicted octanol–water partition coefficient (Wildman–Crippen LogP) is 17.2. The van der Waals surface area contributed by atoms with E-state index in [0.29, 0.717) is 0 Å². The summed E-state index contributed by atoms with van der Waals surface area (Å²) in [5.74, 6) is 1.58. The minimum atomic E-state index is -0.0544. The van der Waals surface area contributed by atoms with Crippen molar-refractivity contribution >= 4 is 17.1 Å². The molecular weight excluding hydrogens is 783 g/mol. The van der Waals surface area contributed by atoms with E-state index in [1.54, 1.807) is 11.1 Å². The number of hydrogen-bond acceptors (Lipinski definition) is 1. The van der Waals surface area contributed by atoms with Gasteiger partial charge < -0.3 is 4.90 Å². The molecule has 0 aromatic heterocycles. The van der Waals surface area contributed by atoms with Crippen LogP contribution in [0.1, 0.15) is 61.8 Å². The maximum absolute atomic E-state index is 2.47. The van der Waals surface area contributed by atoms with E-state index in [4.69, 9.17) is 0 Å². The minimum absolute atomic E-state index is 0.0544. The highest BCUT2D eigenvalue weighted by molar-refractivity contribution is 5.98. The van der Waals surface area contributed by atoms with Crippen LogP contribution in [0, 0.1) is 11.8 Å². The molecule has 2 fully saturated rings. The Morgan fingerprint density at radius 2 is 0.954 bits per heavy atom. The van der Waals surface area contributed by atoms with E-state index < -0.39 is 0 Å². The molecule has 0 aliphatic heterocycles. The zero-order valence-corrected chi connectivity index (χ0v) is 37.1. The summed E-state index contributed by atoms with van der Waals surface area (Å²) in [5, 5.41) is 0. The fourth-order valence-electron chi connectivity index (χ4n) is 13.0. The zero-order valence-electron chi connectivity index (χ0n) is 37.1. The molecule has 0 N–H and O–H groups in total. The third kappa shape index (κ3) is 5.84. The monoisotopic (exact) mass is 833 g/mol. The summed E-state index contributed by atoms with van der Waals surface area (Å²) in [7, 11) is 0. The molecule has 9 aromatic carbocycles. The van der Waals surface area contributed by atoms with Crippen LogP contribution in [0.15, 0.2) is 212 Å². The van der Waals surface area contributed by atoms with Crippen LogP contribution in [0.4, 0.5) is 17.1 Å². The first-order valence-corrected chi connectivity index (χ1v) is 23.7. The average molecular weight is 834 g/mol. The van der Waals surface area contributed by atoms with Gasteiger partial charge in [-0.25, -0.2) is 0 Å². The topological polar surface area (TPSA) is 3.24 Å². The summed E-state index contributed by atoms with van der Waals surface area (Å²) < 4.78 is 0. The molecule has 4 aliphatic rings. The van der Waals surface area contributed by atoms with Crippen LogP contribution in [-0.4, -0.2) is 0 Å². The van der Waals surface area contributed by atoms with Gasteiger partial charge in [-0.3, -0.25) is 0 Å². The van der Waals surface area contributed by atoms with E-state index in [0.717, 1.165) is 28.9 Å². The first kappa shape index (κ1) is 38.3. The minimum Gasteiger partial charge on any atom is -0.310 e. The smallest absolute Gasteiger partial charge is 0.0468 e. The van der Waals surface area contributed by atoms with Gasteiger partial charge in [0.25, 0.3) is 0 Å². The molecule has 13 rings (SSSR count). The molecule has 9 aromatic rings. The van der Waals surface area contributed by atoms with Crippen molar-refractivity contribution in [3.05, 3.63) is 235 Å². The van der Waals surface area contributed by atoms with Crippen LogP contribution < -0.4 is 4.90 Å². The van der Waals surface area contributed by atoms with Gasteiger partial charge in [0.1, 0.15) is 0 Å². The van der Waals surface area contributed by atoms with Gasteiger partial charge in [-0.2, -0.15) is 0 Å². The third-order valence-electron chi connectivity index (χ3n) is 16.0. The first-order valence-electron chi connectivity index (χ1n) is 23.7. The molecule has 3 atom stereocenters. The van der Waals surface area contributed by atoms with Crippen LogP contribution in [0.25, 0.3) is 66.8 Å². The maximum Gasteiger partial charge on any atom is 0.0468 e. The van der Waals surface area contributed by atoms with Gasteiger partial charge in [0.2, 0.25) is 0 Å². The SMILES string of the molecule is CC1(C)c2ccccc2-c2cc(N(c3ccc(-c4ccc(-c5cccc6c5-c5ccccc5C65CC6CCC5C6)c(-c5ccccc5)c4)cc3)c3cccc(-c4ccccc4)c3)ccc21. The number of fused-ring (bicyclic) bond motifs is 11. The molecule has 1 nitrogen and oxygen atoms in total. The summed E-state index contributed by atoms with van der Waals surface area (Å²) in [6.07, 6.45) is 5.41. The molecule has 2 bridgehead atoms. The Hall–Kier alpha value is -7.22. The summed E-state index contributed by atoms with van der Waals surface area (Å²) in [5.41, 5.74) is 24.9. The average Bonchev–Trinajstić information content (AvgIpc) is 4.12. The molecule has 4 aliphatic carbocycles. The van der Waals surface area contributed by atoms with Crippen molar-refractivity contribution in [3.8, 4) is 66.8 Å². The Kier molecular flexibility index (Phi) is 8.63. The molecule has 0 heterocycles. The van der Waals surface area contributed by atoms with E-state index in [9.17, 15) is 0 Å². The van der Waals surface area contributed by atoms with Crippen LogP contribution in [0.2, 0.25) is 0 Å². The molecule has 1 spiro atoms.